The number of carbonyl (C=O) groups is 2. The number of hydrogen-bond acceptors (Lipinski definition) is 4. The zero-order chi connectivity index (χ0) is 19.1. The number of anilines is 2. The van der Waals surface area contributed by atoms with Gasteiger partial charge in [-0.25, -0.2) is 0 Å². The van der Waals surface area contributed by atoms with Crippen LogP contribution in [0.4, 0.5) is 11.4 Å². The van der Waals surface area contributed by atoms with Crippen LogP contribution < -0.4 is 15.4 Å². The zero-order valence-corrected chi connectivity index (χ0v) is 14.6. The number of rotatable bonds is 6. The van der Waals surface area contributed by atoms with Gasteiger partial charge in [-0.2, -0.15) is 0 Å². The minimum Gasteiger partial charge on any atom is -0.495 e. The molecule has 0 aliphatic heterocycles. The molecule has 0 spiro atoms. The van der Waals surface area contributed by atoms with E-state index in [1.165, 1.54) is 12.3 Å². The molecule has 0 fully saturated rings. The Bertz CT molecular complexity index is 945. The maximum atomic E-state index is 12.4. The number of methoxy groups -OCH3 is 1. The first-order chi connectivity index (χ1) is 13.2. The average Bonchev–Trinajstić information content (AvgIpc) is 3.21. The number of nitrogens with one attached hydrogen (secondary N) is 2. The van der Waals surface area contributed by atoms with E-state index in [1.807, 2.05) is 12.1 Å². The first-order valence-electron chi connectivity index (χ1n) is 8.23. The van der Waals surface area contributed by atoms with Crippen LogP contribution in [0.1, 0.15) is 16.1 Å². The molecule has 1 heterocycles. The van der Waals surface area contributed by atoms with Gasteiger partial charge in [-0.3, -0.25) is 9.59 Å². The third kappa shape index (κ3) is 4.85. The summed E-state index contributed by atoms with van der Waals surface area (Å²) in [5.74, 6) is 0.610. The molecule has 27 heavy (non-hydrogen) atoms. The predicted octanol–water partition coefficient (Wildman–Crippen LogP) is 4.19. The Hall–Kier alpha value is -3.80. The second-order valence-corrected chi connectivity index (χ2v) is 5.57. The van der Waals surface area contributed by atoms with Gasteiger partial charge in [-0.1, -0.05) is 12.1 Å². The highest BCUT2D eigenvalue weighted by Crippen LogP contribution is 2.23. The molecule has 0 radical (unpaired) electrons. The van der Waals surface area contributed by atoms with Crippen molar-refractivity contribution in [1.82, 2.24) is 0 Å². The molecule has 0 aliphatic carbocycles. The maximum Gasteiger partial charge on any atom is 0.255 e. The Kier molecular flexibility index (Phi) is 5.69. The van der Waals surface area contributed by atoms with Crippen molar-refractivity contribution in [2.24, 2.45) is 0 Å². The van der Waals surface area contributed by atoms with Gasteiger partial charge in [0.25, 0.3) is 5.91 Å². The summed E-state index contributed by atoms with van der Waals surface area (Å²) in [7, 11) is 1.54. The first kappa shape index (κ1) is 18.0. The van der Waals surface area contributed by atoms with E-state index < -0.39 is 0 Å². The summed E-state index contributed by atoms with van der Waals surface area (Å²) in [5.41, 5.74) is 1.63. The molecule has 0 unspecified atom stereocenters. The molecule has 1 aromatic heterocycles. The van der Waals surface area contributed by atoms with Crippen molar-refractivity contribution < 1.29 is 18.7 Å². The van der Waals surface area contributed by atoms with Crippen LogP contribution in [0.3, 0.4) is 0 Å². The summed E-state index contributed by atoms with van der Waals surface area (Å²) in [4.78, 5) is 24.3. The first-order valence-corrected chi connectivity index (χ1v) is 8.23. The molecule has 2 N–H and O–H groups in total. The summed E-state index contributed by atoms with van der Waals surface area (Å²) < 4.78 is 10.3. The van der Waals surface area contributed by atoms with Crippen molar-refractivity contribution in [3.05, 3.63) is 84.3 Å². The van der Waals surface area contributed by atoms with E-state index in [-0.39, 0.29) is 11.8 Å². The Morgan fingerprint density at radius 2 is 1.74 bits per heavy atom. The predicted molar refractivity (Wildman–Crippen MR) is 104 cm³/mol. The quantitative estimate of drug-likeness (QED) is 0.644. The van der Waals surface area contributed by atoms with Crippen LogP contribution in [0, 0.1) is 0 Å². The molecule has 2 aromatic carbocycles. The van der Waals surface area contributed by atoms with Crippen molar-refractivity contribution in [1.29, 1.82) is 0 Å². The molecule has 136 valence electrons. The van der Waals surface area contributed by atoms with Crippen LogP contribution in [0.5, 0.6) is 5.75 Å². The molecule has 0 bridgehead atoms. The highest BCUT2D eigenvalue weighted by atomic mass is 16.5. The van der Waals surface area contributed by atoms with Gasteiger partial charge in [0, 0.05) is 17.3 Å². The molecule has 0 saturated heterocycles. The lowest BCUT2D eigenvalue weighted by atomic mass is 10.2. The van der Waals surface area contributed by atoms with Gasteiger partial charge in [0.15, 0.2) is 0 Å². The van der Waals surface area contributed by atoms with Crippen LogP contribution in [-0.4, -0.2) is 18.9 Å². The number of para-hydroxylation sites is 2. The van der Waals surface area contributed by atoms with Gasteiger partial charge >= 0.3 is 0 Å². The summed E-state index contributed by atoms with van der Waals surface area (Å²) in [6.45, 7) is 0. The van der Waals surface area contributed by atoms with E-state index in [0.29, 0.717) is 28.4 Å². The van der Waals surface area contributed by atoms with Crippen LogP contribution in [-0.2, 0) is 4.79 Å². The Labute approximate surface area is 156 Å². The van der Waals surface area contributed by atoms with Crippen molar-refractivity contribution in [2.45, 2.75) is 0 Å². The highest BCUT2D eigenvalue weighted by Gasteiger charge is 2.09. The summed E-state index contributed by atoms with van der Waals surface area (Å²) in [5, 5.41) is 5.52. The smallest absolute Gasteiger partial charge is 0.255 e. The normalized spacial score (nSPS) is 10.6. The maximum absolute atomic E-state index is 12.4. The van der Waals surface area contributed by atoms with Crippen LogP contribution in [0.15, 0.2) is 77.4 Å². The SMILES string of the molecule is COc1ccccc1NC(=O)c1ccc(NC(=O)C=Cc2ccco2)cc1. The number of hydrogen-bond donors (Lipinski definition) is 2. The molecule has 0 aliphatic rings. The lowest BCUT2D eigenvalue weighted by Gasteiger charge is -2.10. The number of benzene rings is 2. The van der Waals surface area contributed by atoms with Crippen LogP contribution >= 0.6 is 0 Å². The van der Waals surface area contributed by atoms with Gasteiger partial charge in [-0.15, -0.1) is 0 Å². The van der Waals surface area contributed by atoms with E-state index in [0.717, 1.165) is 0 Å². The molecule has 0 saturated carbocycles. The van der Waals surface area contributed by atoms with Crippen molar-refractivity contribution in [2.75, 3.05) is 17.7 Å². The molecule has 0 atom stereocenters. The van der Waals surface area contributed by atoms with Gasteiger partial charge < -0.3 is 19.8 Å². The van der Waals surface area contributed by atoms with E-state index in [9.17, 15) is 9.59 Å². The lowest BCUT2D eigenvalue weighted by Crippen LogP contribution is -2.13. The van der Waals surface area contributed by atoms with Gasteiger partial charge in [-0.05, 0) is 54.6 Å². The fourth-order valence-electron chi connectivity index (χ4n) is 2.38. The molecular formula is C21H18N2O4. The highest BCUT2D eigenvalue weighted by molar-refractivity contribution is 6.06. The molecular weight excluding hydrogens is 344 g/mol. The van der Waals surface area contributed by atoms with Gasteiger partial charge in [0.2, 0.25) is 5.91 Å². The fraction of sp³-hybridized carbons (Fsp3) is 0.0476. The largest absolute Gasteiger partial charge is 0.495 e. The third-order valence-corrected chi connectivity index (χ3v) is 3.71. The van der Waals surface area contributed by atoms with Gasteiger partial charge in [0.1, 0.15) is 11.5 Å². The van der Waals surface area contributed by atoms with Crippen molar-refractivity contribution >= 4 is 29.3 Å². The number of furan rings is 1. The zero-order valence-electron chi connectivity index (χ0n) is 14.6. The summed E-state index contributed by atoms with van der Waals surface area (Å²) in [6.07, 6.45) is 4.48. The second kappa shape index (κ2) is 8.53. The number of carbonyl (C=O) groups excluding carboxylic acids is 2. The number of amides is 2. The Balaban J connectivity index is 1.61. The summed E-state index contributed by atoms with van der Waals surface area (Å²) in [6, 6.07) is 17.3. The minimum absolute atomic E-state index is 0.268. The molecule has 6 nitrogen and oxygen atoms in total. The fourth-order valence-corrected chi connectivity index (χ4v) is 2.38. The number of ether oxygens (including phenoxy) is 1. The third-order valence-electron chi connectivity index (χ3n) is 3.71. The Morgan fingerprint density at radius 1 is 0.963 bits per heavy atom. The van der Waals surface area contributed by atoms with E-state index in [2.05, 4.69) is 10.6 Å². The van der Waals surface area contributed by atoms with Crippen LogP contribution in [0.25, 0.3) is 6.08 Å². The monoisotopic (exact) mass is 362 g/mol. The molecule has 2 amide bonds. The second-order valence-electron chi connectivity index (χ2n) is 5.57. The van der Waals surface area contributed by atoms with Crippen molar-refractivity contribution in [3.63, 3.8) is 0 Å². The minimum atomic E-state index is -0.294. The van der Waals surface area contributed by atoms with E-state index in [1.54, 1.807) is 61.7 Å². The lowest BCUT2D eigenvalue weighted by molar-refractivity contribution is -0.111. The van der Waals surface area contributed by atoms with E-state index in [4.69, 9.17) is 9.15 Å². The molecule has 3 rings (SSSR count). The standard InChI is InChI=1S/C21H18N2O4/c1-26-19-7-3-2-6-18(19)23-21(25)15-8-10-16(11-9-15)22-20(24)13-12-17-5-4-14-27-17/h2-14H,1H3,(H,22,24)(H,23,25). The van der Waals surface area contributed by atoms with Crippen molar-refractivity contribution in [3.8, 4) is 5.75 Å². The Morgan fingerprint density at radius 3 is 2.44 bits per heavy atom. The molecule has 3 aromatic rings. The topological polar surface area (TPSA) is 80.6 Å². The van der Waals surface area contributed by atoms with E-state index >= 15 is 0 Å². The van der Waals surface area contributed by atoms with Gasteiger partial charge in [0.05, 0.1) is 19.1 Å². The molecule has 6 heteroatoms. The van der Waals surface area contributed by atoms with Crippen LogP contribution in [0.2, 0.25) is 0 Å². The summed E-state index contributed by atoms with van der Waals surface area (Å²) >= 11 is 0. The average molecular weight is 362 g/mol.